The zero-order chi connectivity index (χ0) is 13.7. The van der Waals surface area contributed by atoms with E-state index in [1.165, 1.54) is 11.1 Å². The minimum atomic E-state index is 0.141. The van der Waals surface area contributed by atoms with Gasteiger partial charge in [0.15, 0.2) is 0 Å². The summed E-state index contributed by atoms with van der Waals surface area (Å²) >= 11 is 0. The third-order valence-electron chi connectivity index (χ3n) is 2.97. The Kier molecular flexibility index (Phi) is 4.55. The van der Waals surface area contributed by atoms with Crippen LogP contribution in [0.25, 0.3) is 0 Å². The first-order valence-electron chi connectivity index (χ1n) is 6.33. The van der Waals surface area contributed by atoms with Crippen LogP contribution in [0.15, 0.2) is 54.6 Å². The molecule has 2 aromatic carbocycles. The van der Waals surface area contributed by atoms with Gasteiger partial charge in [0.2, 0.25) is 0 Å². The van der Waals surface area contributed by atoms with Gasteiger partial charge in [-0.25, -0.2) is 10.4 Å². The number of benzene rings is 2. The van der Waals surface area contributed by atoms with Crippen molar-refractivity contribution in [1.29, 1.82) is 0 Å². The third-order valence-corrected chi connectivity index (χ3v) is 2.97. The Bertz CT molecular complexity index is 494. The number of ether oxygens (including phenoxy) is 1. The van der Waals surface area contributed by atoms with Gasteiger partial charge in [0.1, 0.15) is 5.75 Å². The molecule has 0 aliphatic heterocycles. The summed E-state index contributed by atoms with van der Waals surface area (Å²) in [6.07, 6.45) is 0. The Morgan fingerprint density at radius 1 is 0.895 bits per heavy atom. The number of methoxy groups -OCH3 is 1. The zero-order valence-electron chi connectivity index (χ0n) is 11.6. The molecule has 0 heterocycles. The lowest BCUT2D eigenvalue weighted by molar-refractivity contribution is 0.261. The molecule has 0 radical (unpaired) electrons. The fourth-order valence-corrected chi connectivity index (χ4v) is 2.04. The van der Waals surface area contributed by atoms with Crippen molar-refractivity contribution in [2.45, 2.75) is 6.04 Å². The average Bonchev–Trinajstić information content (AvgIpc) is 2.46. The van der Waals surface area contributed by atoms with Gasteiger partial charge >= 0.3 is 0 Å². The monoisotopic (exact) mass is 256 g/mol. The van der Waals surface area contributed by atoms with Crippen molar-refractivity contribution in [3.05, 3.63) is 65.7 Å². The van der Waals surface area contributed by atoms with Crippen molar-refractivity contribution >= 4 is 0 Å². The lowest BCUT2D eigenvalue weighted by atomic mass is 9.99. The maximum Gasteiger partial charge on any atom is 0.118 e. The molecule has 19 heavy (non-hydrogen) atoms. The molecule has 1 N–H and O–H groups in total. The second-order valence-electron chi connectivity index (χ2n) is 4.64. The highest BCUT2D eigenvalue weighted by atomic mass is 16.5. The predicted molar refractivity (Wildman–Crippen MR) is 78.1 cm³/mol. The number of nitrogens with one attached hydrogen (secondary N) is 1. The summed E-state index contributed by atoms with van der Waals surface area (Å²) in [7, 11) is 5.68. The van der Waals surface area contributed by atoms with E-state index >= 15 is 0 Å². The van der Waals surface area contributed by atoms with Crippen LogP contribution in [0, 0.1) is 0 Å². The smallest absolute Gasteiger partial charge is 0.118 e. The molecule has 0 spiro atoms. The van der Waals surface area contributed by atoms with Gasteiger partial charge in [-0.3, -0.25) is 0 Å². The van der Waals surface area contributed by atoms with Gasteiger partial charge in [-0.1, -0.05) is 42.5 Å². The first-order chi connectivity index (χ1) is 9.20. The quantitative estimate of drug-likeness (QED) is 0.833. The van der Waals surface area contributed by atoms with E-state index in [4.69, 9.17) is 4.74 Å². The second kappa shape index (κ2) is 6.36. The number of hydrazine groups is 1. The van der Waals surface area contributed by atoms with E-state index < -0.39 is 0 Å². The second-order valence-corrected chi connectivity index (χ2v) is 4.64. The molecule has 0 aromatic heterocycles. The van der Waals surface area contributed by atoms with Crippen molar-refractivity contribution in [1.82, 2.24) is 10.4 Å². The van der Waals surface area contributed by atoms with E-state index in [0.717, 1.165) is 5.75 Å². The number of hydrogen-bond donors (Lipinski definition) is 1. The Morgan fingerprint density at radius 2 is 1.47 bits per heavy atom. The molecule has 2 rings (SSSR count). The summed E-state index contributed by atoms with van der Waals surface area (Å²) in [5.41, 5.74) is 5.89. The van der Waals surface area contributed by atoms with E-state index in [0.29, 0.717) is 0 Å². The fourth-order valence-electron chi connectivity index (χ4n) is 2.04. The first-order valence-corrected chi connectivity index (χ1v) is 6.33. The highest BCUT2D eigenvalue weighted by molar-refractivity contribution is 5.35. The van der Waals surface area contributed by atoms with Gasteiger partial charge < -0.3 is 4.74 Å². The summed E-state index contributed by atoms with van der Waals surface area (Å²) < 4.78 is 5.20. The van der Waals surface area contributed by atoms with Crippen molar-refractivity contribution in [2.75, 3.05) is 21.2 Å². The summed E-state index contributed by atoms with van der Waals surface area (Å²) in [6, 6.07) is 18.7. The Balaban J connectivity index is 2.31. The van der Waals surface area contributed by atoms with Gasteiger partial charge in [0, 0.05) is 14.1 Å². The van der Waals surface area contributed by atoms with E-state index in [1.54, 1.807) is 7.11 Å². The minimum Gasteiger partial charge on any atom is -0.497 e. The maximum atomic E-state index is 5.20. The largest absolute Gasteiger partial charge is 0.497 e. The van der Waals surface area contributed by atoms with Crippen molar-refractivity contribution in [3.63, 3.8) is 0 Å². The van der Waals surface area contributed by atoms with Crippen LogP contribution < -0.4 is 10.2 Å². The molecule has 0 fully saturated rings. The van der Waals surface area contributed by atoms with Crippen LogP contribution in [0.5, 0.6) is 5.75 Å². The molecular formula is C16H20N2O. The van der Waals surface area contributed by atoms with Crippen molar-refractivity contribution in [3.8, 4) is 5.75 Å². The molecule has 2 aromatic rings. The van der Waals surface area contributed by atoms with E-state index in [-0.39, 0.29) is 6.04 Å². The molecule has 0 amide bonds. The standard InChI is InChI=1S/C16H20N2O/c1-18(2)17-16(13-7-5-4-6-8-13)14-9-11-15(19-3)12-10-14/h4-12,16-17H,1-3H3. The highest BCUT2D eigenvalue weighted by Gasteiger charge is 2.14. The Morgan fingerprint density at radius 3 is 2.00 bits per heavy atom. The molecule has 0 saturated carbocycles. The van der Waals surface area contributed by atoms with Gasteiger partial charge in [-0.05, 0) is 23.3 Å². The van der Waals surface area contributed by atoms with E-state index in [9.17, 15) is 0 Å². The lowest BCUT2D eigenvalue weighted by Gasteiger charge is -2.24. The maximum absolute atomic E-state index is 5.20. The summed E-state index contributed by atoms with van der Waals surface area (Å²) in [6.45, 7) is 0. The van der Waals surface area contributed by atoms with Crippen molar-refractivity contribution < 1.29 is 4.74 Å². The van der Waals surface area contributed by atoms with Crippen LogP contribution in [0.2, 0.25) is 0 Å². The van der Waals surface area contributed by atoms with Gasteiger partial charge in [-0.15, -0.1) is 0 Å². The van der Waals surface area contributed by atoms with Gasteiger partial charge in [0.25, 0.3) is 0 Å². The van der Waals surface area contributed by atoms with Crippen LogP contribution in [-0.4, -0.2) is 26.2 Å². The van der Waals surface area contributed by atoms with E-state index in [2.05, 4.69) is 41.8 Å². The van der Waals surface area contributed by atoms with Crippen LogP contribution in [-0.2, 0) is 0 Å². The highest BCUT2D eigenvalue weighted by Crippen LogP contribution is 2.24. The molecule has 1 atom stereocenters. The average molecular weight is 256 g/mol. The first kappa shape index (κ1) is 13.6. The molecule has 0 saturated heterocycles. The minimum absolute atomic E-state index is 0.141. The van der Waals surface area contributed by atoms with E-state index in [1.807, 2.05) is 37.3 Å². The SMILES string of the molecule is COc1ccc(C(NN(C)C)c2ccccc2)cc1. The molecule has 1 unspecified atom stereocenters. The molecule has 0 aliphatic rings. The summed E-state index contributed by atoms with van der Waals surface area (Å²) in [5.74, 6) is 0.875. The fraction of sp³-hybridized carbons (Fsp3) is 0.250. The van der Waals surface area contributed by atoms with Gasteiger partial charge in [0.05, 0.1) is 13.2 Å². The normalized spacial score (nSPS) is 12.4. The summed E-state index contributed by atoms with van der Waals surface area (Å²) in [5, 5.41) is 1.97. The lowest BCUT2D eigenvalue weighted by Crippen LogP contribution is -2.34. The number of rotatable bonds is 5. The van der Waals surface area contributed by atoms with Crippen LogP contribution in [0.3, 0.4) is 0 Å². The van der Waals surface area contributed by atoms with Crippen LogP contribution in [0.1, 0.15) is 17.2 Å². The topological polar surface area (TPSA) is 24.5 Å². The molecule has 0 bridgehead atoms. The predicted octanol–water partition coefficient (Wildman–Crippen LogP) is 2.85. The summed E-state index contributed by atoms with van der Waals surface area (Å²) in [4.78, 5) is 0. The number of hydrogen-bond acceptors (Lipinski definition) is 3. The van der Waals surface area contributed by atoms with Crippen molar-refractivity contribution in [2.24, 2.45) is 0 Å². The molecule has 100 valence electrons. The zero-order valence-corrected chi connectivity index (χ0v) is 11.6. The Hall–Kier alpha value is -1.84. The third kappa shape index (κ3) is 3.56. The Labute approximate surface area is 114 Å². The number of nitrogens with zero attached hydrogens (tertiary/aromatic N) is 1. The molecule has 0 aliphatic carbocycles. The van der Waals surface area contributed by atoms with Crippen LogP contribution >= 0.6 is 0 Å². The molecule has 3 heteroatoms. The molecular weight excluding hydrogens is 236 g/mol. The van der Waals surface area contributed by atoms with Crippen LogP contribution in [0.4, 0.5) is 0 Å². The molecule has 3 nitrogen and oxygen atoms in total. The van der Waals surface area contributed by atoms with Gasteiger partial charge in [-0.2, -0.15) is 0 Å².